The molecule has 35 heavy (non-hydrogen) atoms. The van der Waals surface area contributed by atoms with E-state index in [0.717, 1.165) is 11.3 Å². The molecule has 0 bridgehead atoms. The van der Waals surface area contributed by atoms with Crippen LogP contribution in [0.3, 0.4) is 0 Å². The lowest BCUT2D eigenvalue weighted by Gasteiger charge is -2.32. The maximum absolute atomic E-state index is 13.0. The first-order valence-electron chi connectivity index (χ1n) is 12.0. The maximum Gasteiger partial charge on any atom is 0.247 e. The number of hydrogen-bond donors (Lipinski definition) is 2. The molecular weight excluding hydrogens is 466 g/mol. The molecule has 2 aromatic carbocycles. The van der Waals surface area contributed by atoms with Crippen molar-refractivity contribution in [3.8, 4) is 5.75 Å². The van der Waals surface area contributed by atoms with Crippen LogP contribution < -0.4 is 15.4 Å². The fourth-order valence-electron chi connectivity index (χ4n) is 4.04. The second kappa shape index (κ2) is 11.7. The fourth-order valence-corrected chi connectivity index (χ4v) is 5.51. The summed E-state index contributed by atoms with van der Waals surface area (Å²) in [6.07, 6.45) is 0.810. The van der Waals surface area contributed by atoms with Crippen LogP contribution in [-0.4, -0.2) is 50.3 Å². The minimum Gasteiger partial charge on any atom is -0.494 e. The van der Waals surface area contributed by atoms with Crippen LogP contribution in [0.15, 0.2) is 53.4 Å². The number of anilines is 1. The first kappa shape index (κ1) is 26.7. The van der Waals surface area contributed by atoms with Crippen molar-refractivity contribution < 1.29 is 22.7 Å². The van der Waals surface area contributed by atoms with Gasteiger partial charge in [0.25, 0.3) is 0 Å². The van der Waals surface area contributed by atoms with E-state index in [2.05, 4.69) is 10.6 Å². The summed E-state index contributed by atoms with van der Waals surface area (Å²) >= 11 is 0. The van der Waals surface area contributed by atoms with E-state index in [1.54, 1.807) is 48.5 Å². The number of amides is 2. The Morgan fingerprint density at radius 1 is 1.03 bits per heavy atom. The summed E-state index contributed by atoms with van der Waals surface area (Å²) in [6, 6.07) is 13.1. The average Bonchev–Trinajstić information content (AvgIpc) is 2.84. The molecule has 9 heteroatoms. The molecule has 0 saturated carbocycles. The second-order valence-corrected chi connectivity index (χ2v) is 11.1. The summed E-state index contributed by atoms with van der Waals surface area (Å²) in [6.45, 7) is 8.64. The summed E-state index contributed by atoms with van der Waals surface area (Å²) in [7, 11) is -3.59. The Morgan fingerprint density at radius 3 is 2.17 bits per heavy atom. The number of sulfonamides is 1. The molecule has 0 spiro atoms. The van der Waals surface area contributed by atoms with E-state index in [9.17, 15) is 18.0 Å². The standard InChI is InChI=1S/C26H35N3O5S/c1-5-34-22-10-8-21(9-11-22)27-26(31)24(18(2)3)28-25(30)20-14-16-29(17-15-20)35(32,33)23-12-6-19(4)7-13-23/h6-13,18,20,24H,5,14-17H2,1-4H3,(H,27,31)(H,28,30). The van der Waals surface area contributed by atoms with Gasteiger partial charge >= 0.3 is 0 Å². The molecule has 0 radical (unpaired) electrons. The highest BCUT2D eigenvalue weighted by Crippen LogP contribution is 2.25. The topological polar surface area (TPSA) is 105 Å². The molecule has 1 atom stereocenters. The molecule has 0 aliphatic carbocycles. The average molecular weight is 502 g/mol. The Kier molecular flexibility index (Phi) is 8.91. The molecule has 2 aromatic rings. The Labute approximate surface area is 208 Å². The largest absolute Gasteiger partial charge is 0.494 e. The zero-order valence-electron chi connectivity index (χ0n) is 20.8. The van der Waals surface area contributed by atoms with Gasteiger partial charge in [0.15, 0.2) is 0 Å². The highest BCUT2D eigenvalue weighted by molar-refractivity contribution is 7.89. The minimum atomic E-state index is -3.59. The number of ether oxygens (including phenoxy) is 1. The first-order valence-corrected chi connectivity index (χ1v) is 13.5. The molecule has 1 fully saturated rings. The van der Waals surface area contributed by atoms with E-state index in [4.69, 9.17) is 4.74 Å². The zero-order valence-corrected chi connectivity index (χ0v) is 21.6. The van der Waals surface area contributed by atoms with Gasteiger partial charge in [0.1, 0.15) is 11.8 Å². The number of carbonyl (C=O) groups excluding carboxylic acids is 2. The van der Waals surface area contributed by atoms with Crippen molar-refractivity contribution in [3.63, 3.8) is 0 Å². The zero-order chi connectivity index (χ0) is 25.6. The van der Waals surface area contributed by atoms with Gasteiger partial charge in [-0.1, -0.05) is 31.5 Å². The van der Waals surface area contributed by atoms with E-state index in [-0.39, 0.29) is 41.6 Å². The van der Waals surface area contributed by atoms with Crippen molar-refractivity contribution in [2.75, 3.05) is 25.0 Å². The lowest BCUT2D eigenvalue weighted by molar-refractivity contribution is -0.130. The van der Waals surface area contributed by atoms with E-state index < -0.39 is 16.1 Å². The number of nitrogens with one attached hydrogen (secondary N) is 2. The van der Waals surface area contributed by atoms with Crippen molar-refractivity contribution in [1.29, 1.82) is 0 Å². The van der Waals surface area contributed by atoms with Crippen molar-refractivity contribution >= 4 is 27.5 Å². The van der Waals surface area contributed by atoms with E-state index in [0.29, 0.717) is 25.1 Å². The monoisotopic (exact) mass is 501 g/mol. The molecule has 2 amide bonds. The highest BCUT2D eigenvalue weighted by Gasteiger charge is 2.34. The molecule has 8 nitrogen and oxygen atoms in total. The van der Waals surface area contributed by atoms with Gasteiger partial charge in [0, 0.05) is 24.7 Å². The van der Waals surface area contributed by atoms with Crippen LogP contribution in [-0.2, 0) is 19.6 Å². The number of rotatable bonds is 9. The molecule has 1 aliphatic heterocycles. The summed E-state index contributed by atoms with van der Waals surface area (Å²) in [5.41, 5.74) is 1.61. The highest BCUT2D eigenvalue weighted by atomic mass is 32.2. The number of hydrogen-bond acceptors (Lipinski definition) is 5. The molecule has 3 rings (SSSR count). The SMILES string of the molecule is CCOc1ccc(NC(=O)C(NC(=O)C2CCN(S(=O)(=O)c3ccc(C)cc3)CC2)C(C)C)cc1. The Bertz CT molecular complexity index is 1110. The number of piperidine rings is 1. The molecule has 190 valence electrons. The summed E-state index contributed by atoms with van der Waals surface area (Å²) in [4.78, 5) is 26.1. The molecule has 2 N–H and O–H groups in total. The number of carbonyl (C=O) groups is 2. The predicted octanol–water partition coefficient (Wildman–Crippen LogP) is 3.57. The first-order chi connectivity index (χ1) is 16.6. The molecule has 1 unspecified atom stereocenters. The number of aryl methyl sites for hydroxylation is 1. The lowest BCUT2D eigenvalue weighted by Crippen LogP contribution is -2.50. The quantitative estimate of drug-likeness (QED) is 0.547. The van der Waals surface area contributed by atoms with Crippen LogP contribution in [0, 0.1) is 18.8 Å². The van der Waals surface area contributed by atoms with Gasteiger partial charge in [0.2, 0.25) is 21.8 Å². The van der Waals surface area contributed by atoms with Gasteiger partial charge in [-0.05, 0) is 69.0 Å². The van der Waals surface area contributed by atoms with Crippen LogP contribution >= 0.6 is 0 Å². The summed E-state index contributed by atoms with van der Waals surface area (Å²) in [5.74, 6) is -0.271. The minimum absolute atomic E-state index is 0.122. The van der Waals surface area contributed by atoms with Crippen LogP contribution in [0.5, 0.6) is 5.75 Å². The Hall–Kier alpha value is -2.91. The molecular formula is C26H35N3O5S. The van der Waals surface area contributed by atoms with Crippen LogP contribution in [0.1, 0.15) is 39.2 Å². The van der Waals surface area contributed by atoms with Crippen LogP contribution in [0.4, 0.5) is 5.69 Å². The van der Waals surface area contributed by atoms with E-state index in [1.807, 2.05) is 27.7 Å². The van der Waals surface area contributed by atoms with Crippen LogP contribution in [0.2, 0.25) is 0 Å². The second-order valence-electron chi connectivity index (χ2n) is 9.17. The number of benzene rings is 2. The van der Waals surface area contributed by atoms with Gasteiger partial charge in [-0.25, -0.2) is 8.42 Å². The summed E-state index contributed by atoms with van der Waals surface area (Å²) in [5, 5.41) is 5.74. The smallest absolute Gasteiger partial charge is 0.247 e. The van der Waals surface area contributed by atoms with Gasteiger partial charge in [-0.15, -0.1) is 0 Å². The molecule has 1 saturated heterocycles. The molecule has 1 aliphatic rings. The van der Waals surface area contributed by atoms with Crippen molar-refractivity contribution in [2.45, 2.75) is 51.5 Å². The number of nitrogens with zero attached hydrogens (tertiary/aromatic N) is 1. The fraction of sp³-hybridized carbons (Fsp3) is 0.462. The third-order valence-electron chi connectivity index (χ3n) is 6.16. The Morgan fingerprint density at radius 2 is 1.63 bits per heavy atom. The van der Waals surface area contributed by atoms with Gasteiger partial charge in [-0.3, -0.25) is 9.59 Å². The van der Waals surface area contributed by atoms with Gasteiger partial charge < -0.3 is 15.4 Å². The van der Waals surface area contributed by atoms with Gasteiger partial charge in [-0.2, -0.15) is 4.31 Å². The van der Waals surface area contributed by atoms with Crippen molar-refractivity contribution in [3.05, 3.63) is 54.1 Å². The molecule has 0 aromatic heterocycles. The maximum atomic E-state index is 13.0. The van der Waals surface area contributed by atoms with Gasteiger partial charge in [0.05, 0.1) is 11.5 Å². The van der Waals surface area contributed by atoms with E-state index >= 15 is 0 Å². The third kappa shape index (κ3) is 6.82. The third-order valence-corrected chi connectivity index (χ3v) is 8.08. The predicted molar refractivity (Wildman–Crippen MR) is 136 cm³/mol. The summed E-state index contributed by atoms with van der Waals surface area (Å²) < 4.78 is 32.7. The molecule has 1 heterocycles. The van der Waals surface area contributed by atoms with Crippen LogP contribution in [0.25, 0.3) is 0 Å². The normalized spacial score (nSPS) is 16.0. The van der Waals surface area contributed by atoms with Crippen molar-refractivity contribution in [1.82, 2.24) is 9.62 Å². The Balaban J connectivity index is 1.57. The van der Waals surface area contributed by atoms with E-state index in [1.165, 1.54) is 4.31 Å². The van der Waals surface area contributed by atoms with Crippen molar-refractivity contribution in [2.24, 2.45) is 11.8 Å². The lowest BCUT2D eigenvalue weighted by atomic mass is 9.95.